The number of nitrogens with one attached hydrogen (secondary N) is 1. The van der Waals surface area contributed by atoms with Crippen molar-refractivity contribution in [3.05, 3.63) is 64.6 Å². The number of nitrogens with zero attached hydrogens (tertiary/aromatic N) is 1. The van der Waals surface area contributed by atoms with Crippen molar-refractivity contribution in [2.45, 2.75) is 11.4 Å². The van der Waals surface area contributed by atoms with E-state index < -0.39 is 10.0 Å². The van der Waals surface area contributed by atoms with E-state index in [0.29, 0.717) is 18.0 Å². The SMILES string of the molecule is O=S(=O)(c1cccc(Br)c1)N1CC[NH+](Cc2ccccc2)CC1. The Bertz CT molecular complexity index is 757. The van der Waals surface area contributed by atoms with Crippen LogP contribution in [0.25, 0.3) is 0 Å². The number of piperazine rings is 1. The number of benzene rings is 2. The Hall–Kier alpha value is -1.21. The molecule has 0 unspecified atom stereocenters. The molecule has 1 aliphatic heterocycles. The molecule has 0 bridgehead atoms. The van der Waals surface area contributed by atoms with E-state index in [-0.39, 0.29) is 0 Å². The van der Waals surface area contributed by atoms with E-state index >= 15 is 0 Å². The quantitative estimate of drug-likeness (QED) is 0.852. The third-order valence-corrected chi connectivity index (χ3v) is 6.55. The molecule has 6 heteroatoms. The summed E-state index contributed by atoms with van der Waals surface area (Å²) in [4.78, 5) is 1.79. The minimum Gasteiger partial charge on any atom is -0.329 e. The molecule has 1 saturated heterocycles. The maximum absolute atomic E-state index is 12.7. The van der Waals surface area contributed by atoms with Crippen LogP contribution >= 0.6 is 15.9 Å². The van der Waals surface area contributed by atoms with E-state index in [1.165, 1.54) is 10.5 Å². The average molecular weight is 396 g/mol. The molecule has 0 radical (unpaired) electrons. The molecule has 0 aromatic heterocycles. The van der Waals surface area contributed by atoms with Crippen molar-refractivity contribution in [2.75, 3.05) is 26.2 Å². The van der Waals surface area contributed by atoms with Gasteiger partial charge in [0.15, 0.2) is 0 Å². The van der Waals surface area contributed by atoms with E-state index in [1.54, 1.807) is 22.5 Å². The van der Waals surface area contributed by atoms with Crippen molar-refractivity contribution in [2.24, 2.45) is 0 Å². The maximum Gasteiger partial charge on any atom is 0.243 e. The molecule has 1 heterocycles. The number of rotatable bonds is 4. The standard InChI is InChI=1S/C17H19BrN2O2S/c18-16-7-4-8-17(13-16)23(21,22)20-11-9-19(10-12-20)14-15-5-2-1-3-6-15/h1-8,13H,9-12,14H2/p+1. The molecule has 1 fully saturated rings. The van der Waals surface area contributed by atoms with Crippen LogP contribution in [-0.2, 0) is 16.6 Å². The third-order valence-electron chi connectivity index (χ3n) is 4.16. The van der Waals surface area contributed by atoms with Crippen LogP contribution in [-0.4, -0.2) is 38.9 Å². The molecule has 0 saturated carbocycles. The number of sulfonamides is 1. The lowest BCUT2D eigenvalue weighted by atomic mass is 10.2. The number of hydrogen-bond acceptors (Lipinski definition) is 2. The van der Waals surface area contributed by atoms with Crippen LogP contribution in [0.1, 0.15) is 5.56 Å². The molecule has 1 N–H and O–H groups in total. The van der Waals surface area contributed by atoms with Gasteiger partial charge in [-0.15, -0.1) is 0 Å². The van der Waals surface area contributed by atoms with Gasteiger partial charge in [-0.1, -0.05) is 52.3 Å². The molecule has 1 aliphatic rings. The van der Waals surface area contributed by atoms with Crippen LogP contribution in [0.4, 0.5) is 0 Å². The molecule has 23 heavy (non-hydrogen) atoms. The summed E-state index contributed by atoms with van der Waals surface area (Å²) in [5.41, 5.74) is 1.30. The zero-order chi connectivity index (χ0) is 16.3. The summed E-state index contributed by atoms with van der Waals surface area (Å²) in [6, 6.07) is 17.3. The molecule has 0 amide bonds. The zero-order valence-electron chi connectivity index (χ0n) is 12.8. The predicted molar refractivity (Wildman–Crippen MR) is 93.7 cm³/mol. The molecule has 2 aromatic carbocycles. The minimum absolute atomic E-state index is 0.360. The Morgan fingerprint density at radius 1 is 1.00 bits per heavy atom. The van der Waals surface area contributed by atoms with E-state index in [4.69, 9.17) is 0 Å². The molecule has 3 rings (SSSR count). The highest BCUT2D eigenvalue weighted by atomic mass is 79.9. The first-order chi connectivity index (χ1) is 11.1. The van der Waals surface area contributed by atoms with Gasteiger partial charge < -0.3 is 4.90 Å². The van der Waals surface area contributed by atoms with Crippen LogP contribution in [0, 0.1) is 0 Å². The van der Waals surface area contributed by atoms with Gasteiger partial charge in [0.2, 0.25) is 10.0 Å². The van der Waals surface area contributed by atoms with Crippen LogP contribution in [0.3, 0.4) is 0 Å². The maximum atomic E-state index is 12.7. The first-order valence-corrected chi connectivity index (χ1v) is 9.92. The first kappa shape index (κ1) is 16.6. The lowest BCUT2D eigenvalue weighted by Gasteiger charge is -2.31. The van der Waals surface area contributed by atoms with E-state index in [2.05, 4.69) is 28.1 Å². The lowest BCUT2D eigenvalue weighted by Crippen LogP contribution is -3.13. The largest absolute Gasteiger partial charge is 0.329 e. The highest BCUT2D eigenvalue weighted by molar-refractivity contribution is 9.10. The Labute approximate surface area is 145 Å². The topological polar surface area (TPSA) is 41.8 Å². The van der Waals surface area contributed by atoms with Gasteiger partial charge in [0, 0.05) is 10.0 Å². The van der Waals surface area contributed by atoms with Gasteiger partial charge in [0.25, 0.3) is 0 Å². The Morgan fingerprint density at radius 3 is 2.35 bits per heavy atom. The summed E-state index contributed by atoms with van der Waals surface area (Å²) in [6.07, 6.45) is 0. The van der Waals surface area contributed by atoms with E-state index in [0.717, 1.165) is 24.1 Å². The summed E-state index contributed by atoms with van der Waals surface area (Å²) in [5, 5.41) is 0. The summed E-state index contributed by atoms with van der Waals surface area (Å²) in [6.45, 7) is 3.75. The lowest BCUT2D eigenvalue weighted by molar-refractivity contribution is -0.917. The molecular weight excluding hydrogens is 376 g/mol. The smallest absolute Gasteiger partial charge is 0.243 e. The Balaban J connectivity index is 1.64. The zero-order valence-corrected chi connectivity index (χ0v) is 15.2. The third kappa shape index (κ3) is 4.01. The highest BCUT2D eigenvalue weighted by Gasteiger charge is 2.30. The van der Waals surface area contributed by atoms with Crippen LogP contribution in [0.5, 0.6) is 0 Å². The van der Waals surface area contributed by atoms with Gasteiger partial charge in [-0.05, 0) is 18.2 Å². The summed E-state index contributed by atoms with van der Waals surface area (Å²) in [7, 11) is -3.39. The molecule has 2 aromatic rings. The second-order valence-electron chi connectivity index (χ2n) is 5.77. The molecule has 4 nitrogen and oxygen atoms in total. The van der Waals surface area contributed by atoms with Crippen molar-refractivity contribution in [3.8, 4) is 0 Å². The number of halogens is 1. The summed E-state index contributed by atoms with van der Waals surface area (Å²) in [5.74, 6) is 0. The highest BCUT2D eigenvalue weighted by Crippen LogP contribution is 2.19. The molecule has 0 spiro atoms. The van der Waals surface area contributed by atoms with Gasteiger partial charge in [-0.2, -0.15) is 4.31 Å². The van der Waals surface area contributed by atoms with Crippen molar-refractivity contribution < 1.29 is 13.3 Å². The number of quaternary nitrogens is 1. The van der Waals surface area contributed by atoms with Gasteiger partial charge >= 0.3 is 0 Å². The van der Waals surface area contributed by atoms with Gasteiger partial charge in [-0.3, -0.25) is 0 Å². The molecular formula is C17H20BrN2O2S+. The fourth-order valence-corrected chi connectivity index (χ4v) is 4.92. The monoisotopic (exact) mass is 395 g/mol. The van der Waals surface area contributed by atoms with Crippen molar-refractivity contribution in [3.63, 3.8) is 0 Å². The Morgan fingerprint density at radius 2 is 1.70 bits per heavy atom. The van der Waals surface area contributed by atoms with E-state index in [1.807, 2.05) is 24.3 Å². The fraction of sp³-hybridized carbons (Fsp3) is 0.294. The number of hydrogen-bond donors (Lipinski definition) is 1. The second-order valence-corrected chi connectivity index (χ2v) is 8.63. The van der Waals surface area contributed by atoms with Crippen LogP contribution in [0.15, 0.2) is 64.0 Å². The first-order valence-electron chi connectivity index (χ1n) is 7.69. The van der Waals surface area contributed by atoms with Crippen molar-refractivity contribution >= 4 is 26.0 Å². The fourth-order valence-electron chi connectivity index (χ4n) is 2.88. The van der Waals surface area contributed by atoms with Crippen molar-refractivity contribution in [1.82, 2.24) is 4.31 Å². The van der Waals surface area contributed by atoms with Crippen LogP contribution in [0.2, 0.25) is 0 Å². The minimum atomic E-state index is -3.39. The summed E-state index contributed by atoms with van der Waals surface area (Å²) < 4.78 is 27.8. The van der Waals surface area contributed by atoms with Crippen molar-refractivity contribution in [1.29, 1.82) is 0 Å². The molecule has 0 atom stereocenters. The van der Waals surface area contributed by atoms with Gasteiger partial charge in [0.1, 0.15) is 6.54 Å². The normalized spacial score (nSPS) is 17.3. The Kier molecular flexibility index (Phi) is 5.16. The molecule has 0 aliphatic carbocycles. The summed E-state index contributed by atoms with van der Waals surface area (Å²) >= 11 is 3.34. The van der Waals surface area contributed by atoms with Crippen LogP contribution < -0.4 is 4.90 Å². The molecule has 122 valence electrons. The van der Waals surface area contributed by atoms with Gasteiger partial charge in [0.05, 0.1) is 31.1 Å². The average Bonchev–Trinajstić information content (AvgIpc) is 2.56. The van der Waals surface area contributed by atoms with Gasteiger partial charge in [-0.25, -0.2) is 8.42 Å². The predicted octanol–water partition coefficient (Wildman–Crippen LogP) is 1.54. The second kappa shape index (κ2) is 7.13. The van der Waals surface area contributed by atoms with E-state index in [9.17, 15) is 8.42 Å².